The van der Waals surface area contributed by atoms with Gasteiger partial charge >= 0.3 is 0 Å². The average molecular weight is 543 g/mol. The normalized spacial score (nSPS) is 19.9. The number of hydrogen-bond donors (Lipinski definition) is 3. The van der Waals surface area contributed by atoms with Crippen molar-refractivity contribution < 1.29 is 9.53 Å². The number of primary amides is 1. The van der Waals surface area contributed by atoms with Crippen LogP contribution < -0.4 is 16.4 Å². The molecule has 1 heterocycles. The van der Waals surface area contributed by atoms with Crippen LogP contribution in [0.5, 0.6) is 0 Å². The van der Waals surface area contributed by atoms with Crippen LogP contribution >= 0.6 is 24.0 Å². The number of carbonyl (C=O) groups is 1. The van der Waals surface area contributed by atoms with E-state index in [0.717, 1.165) is 64.4 Å². The van der Waals surface area contributed by atoms with E-state index in [1.807, 2.05) is 0 Å². The van der Waals surface area contributed by atoms with Crippen molar-refractivity contribution >= 4 is 35.8 Å². The summed E-state index contributed by atoms with van der Waals surface area (Å²) in [6, 6.07) is 9.03. The summed E-state index contributed by atoms with van der Waals surface area (Å²) < 4.78 is 6.19. The Kier molecular flexibility index (Phi) is 11.6. The molecule has 0 radical (unpaired) electrons. The first-order valence-electron chi connectivity index (χ1n) is 11.4. The quantitative estimate of drug-likeness (QED) is 0.193. The van der Waals surface area contributed by atoms with Gasteiger partial charge in [-0.1, -0.05) is 24.3 Å². The van der Waals surface area contributed by atoms with Crippen LogP contribution in [0.1, 0.15) is 56.3 Å². The number of guanidine groups is 1. The van der Waals surface area contributed by atoms with Crippen LogP contribution in [0.2, 0.25) is 0 Å². The first-order chi connectivity index (χ1) is 14.7. The van der Waals surface area contributed by atoms with E-state index >= 15 is 0 Å². The maximum absolute atomic E-state index is 11.1. The number of aryl methyl sites for hydroxylation is 1. The summed E-state index contributed by atoms with van der Waals surface area (Å²) in [6.45, 7) is 6.51. The standard InChI is InChI=1S/C23H37N5O2.HI/c1-2-25-23(27-19-11-14-28(15-12-19)17-22(24)29)26-13-6-16-30-21-10-5-8-18-7-3-4-9-20(18)21;/h3-4,7,9,19,21H,2,5-6,8,10-17H2,1H3,(H2,24,29)(H2,25,26,27);1H. The smallest absolute Gasteiger partial charge is 0.231 e. The topological polar surface area (TPSA) is 92.0 Å². The van der Waals surface area contributed by atoms with Crippen LogP contribution in [0.15, 0.2) is 29.3 Å². The van der Waals surface area contributed by atoms with Gasteiger partial charge in [0.25, 0.3) is 0 Å². The van der Waals surface area contributed by atoms with Gasteiger partial charge in [0.2, 0.25) is 5.91 Å². The van der Waals surface area contributed by atoms with Crippen molar-refractivity contribution in [1.29, 1.82) is 0 Å². The Morgan fingerprint density at radius 2 is 2.03 bits per heavy atom. The van der Waals surface area contributed by atoms with Crippen molar-refractivity contribution in [2.45, 2.75) is 57.6 Å². The van der Waals surface area contributed by atoms with E-state index in [1.165, 1.54) is 24.0 Å². The van der Waals surface area contributed by atoms with E-state index in [0.29, 0.717) is 12.6 Å². The number of nitrogens with two attached hydrogens (primary N) is 1. The molecule has 1 unspecified atom stereocenters. The summed E-state index contributed by atoms with van der Waals surface area (Å²) in [4.78, 5) is 17.9. The van der Waals surface area contributed by atoms with Gasteiger partial charge < -0.3 is 21.1 Å². The third-order valence-electron chi connectivity index (χ3n) is 5.86. The second-order valence-corrected chi connectivity index (χ2v) is 8.23. The predicted molar refractivity (Wildman–Crippen MR) is 136 cm³/mol. The molecule has 31 heavy (non-hydrogen) atoms. The maximum Gasteiger partial charge on any atom is 0.231 e. The molecule has 0 spiro atoms. The summed E-state index contributed by atoms with van der Waals surface area (Å²) in [5.41, 5.74) is 8.10. The van der Waals surface area contributed by atoms with Gasteiger partial charge in [0.1, 0.15) is 0 Å². The highest BCUT2D eigenvalue weighted by atomic mass is 127. The second kappa shape index (κ2) is 13.9. The number of likely N-dealkylation sites (tertiary alicyclic amines) is 1. The number of carbonyl (C=O) groups excluding carboxylic acids is 1. The number of amides is 1. The minimum atomic E-state index is -0.254. The Bertz CT molecular complexity index is 707. The van der Waals surface area contributed by atoms with Crippen molar-refractivity contribution in [3.63, 3.8) is 0 Å². The van der Waals surface area contributed by atoms with E-state index in [1.54, 1.807) is 0 Å². The van der Waals surface area contributed by atoms with Gasteiger partial charge in [0, 0.05) is 38.8 Å². The van der Waals surface area contributed by atoms with Gasteiger partial charge in [0.15, 0.2) is 5.96 Å². The number of fused-ring (bicyclic) bond motifs is 1. The fraction of sp³-hybridized carbons (Fsp3) is 0.652. The monoisotopic (exact) mass is 543 g/mol. The minimum Gasteiger partial charge on any atom is -0.373 e. The molecule has 7 nitrogen and oxygen atoms in total. The SMILES string of the molecule is CCNC(=NCCCOC1CCCc2ccccc21)NC1CCN(CC(N)=O)CC1.I. The van der Waals surface area contributed by atoms with E-state index in [9.17, 15) is 4.79 Å². The molecular formula is C23H38IN5O2. The molecule has 2 aliphatic rings. The third-order valence-corrected chi connectivity index (χ3v) is 5.86. The average Bonchev–Trinajstić information content (AvgIpc) is 2.74. The fourth-order valence-electron chi connectivity index (χ4n) is 4.33. The van der Waals surface area contributed by atoms with Crippen LogP contribution in [0.3, 0.4) is 0 Å². The van der Waals surface area contributed by atoms with Crippen molar-refractivity contribution in [3.05, 3.63) is 35.4 Å². The number of nitrogens with zero attached hydrogens (tertiary/aromatic N) is 2. The highest BCUT2D eigenvalue weighted by Gasteiger charge is 2.21. The van der Waals surface area contributed by atoms with E-state index < -0.39 is 0 Å². The Labute approximate surface area is 203 Å². The summed E-state index contributed by atoms with van der Waals surface area (Å²) >= 11 is 0. The molecule has 1 aliphatic heterocycles. The molecule has 4 N–H and O–H groups in total. The van der Waals surface area contributed by atoms with Crippen LogP contribution in [0.25, 0.3) is 0 Å². The number of aliphatic imine (C=N–C) groups is 1. The van der Waals surface area contributed by atoms with Crippen molar-refractivity contribution in [1.82, 2.24) is 15.5 Å². The fourth-order valence-corrected chi connectivity index (χ4v) is 4.33. The Balaban J connectivity index is 0.00000341. The molecule has 1 aromatic rings. The molecule has 1 fully saturated rings. The zero-order valence-corrected chi connectivity index (χ0v) is 21.0. The van der Waals surface area contributed by atoms with Gasteiger partial charge in [-0.3, -0.25) is 14.7 Å². The maximum atomic E-state index is 11.1. The third kappa shape index (κ3) is 8.57. The van der Waals surface area contributed by atoms with Gasteiger partial charge in [-0.15, -0.1) is 24.0 Å². The zero-order valence-electron chi connectivity index (χ0n) is 18.6. The summed E-state index contributed by atoms with van der Waals surface area (Å²) in [6.07, 6.45) is 6.59. The first-order valence-corrected chi connectivity index (χ1v) is 11.4. The second-order valence-electron chi connectivity index (χ2n) is 8.23. The van der Waals surface area contributed by atoms with Crippen molar-refractivity contribution in [2.75, 3.05) is 39.3 Å². The lowest BCUT2D eigenvalue weighted by molar-refractivity contribution is -0.119. The van der Waals surface area contributed by atoms with Gasteiger partial charge in [-0.25, -0.2) is 0 Å². The number of ether oxygens (including phenoxy) is 1. The Hall–Kier alpha value is -1.39. The van der Waals surface area contributed by atoms with E-state index in [4.69, 9.17) is 15.5 Å². The van der Waals surface area contributed by atoms with Gasteiger partial charge in [-0.05, 0) is 56.6 Å². The largest absolute Gasteiger partial charge is 0.373 e. The molecule has 0 bridgehead atoms. The lowest BCUT2D eigenvalue weighted by atomic mass is 9.89. The molecule has 1 atom stereocenters. The number of piperidine rings is 1. The molecule has 1 aliphatic carbocycles. The van der Waals surface area contributed by atoms with Crippen LogP contribution in [-0.4, -0.2) is 62.1 Å². The van der Waals surface area contributed by atoms with Crippen LogP contribution in [0, 0.1) is 0 Å². The van der Waals surface area contributed by atoms with E-state index in [-0.39, 0.29) is 36.0 Å². The van der Waals surface area contributed by atoms with Gasteiger partial charge in [-0.2, -0.15) is 0 Å². The van der Waals surface area contributed by atoms with E-state index in [2.05, 4.69) is 46.7 Å². The Morgan fingerprint density at radius 3 is 2.77 bits per heavy atom. The number of hydrogen-bond acceptors (Lipinski definition) is 4. The molecular weight excluding hydrogens is 505 g/mol. The molecule has 1 saturated heterocycles. The number of rotatable bonds is 9. The van der Waals surface area contributed by atoms with Gasteiger partial charge in [0.05, 0.1) is 12.6 Å². The van der Waals surface area contributed by atoms with Crippen LogP contribution in [0.4, 0.5) is 0 Å². The number of nitrogens with one attached hydrogen (secondary N) is 2. The molecule has 174 valence electrons. The Morgan fingerprint density at radius 1 is 1.26 bits per heavy atom. The lowest BCUT2D eigenvalue weighted by Gasteiger charge is -2.32. The lowest BCUT2D eigenvalue weighted by Crippen LogP contribution is -2.49. The predicted octanol–water partition coefficient (Wildman–Crippen LogP) is 2.59. The summed E-state index contributed by atoms with van der Waals surface area (Å²) in [7, 11) is 0. The zero-order chi connectivity index (χ0) is 21.2. The number of benzene rings is 1. The molecule has 3 rings (SSSR count). The summed E-state index contributed by atoms with van der Waals surface area (Å²) in [5, 5.41) is 6.88. The highest BCUT2D eigenvalue weighted by molar-refractivity contribution is 14.0. The highest BCUT2D eigenvalue weighted by Crippen LogP contribution is 2.32. The summed E-state index contributed by atoms with van der Waals surface area (Å²) in [5.74, 6) is 0.615. The molecule has 0 saturated carbocycles. The molecule has 8 heteroatoms. The first kappa shape index (κ1) is 25.9. The molecule has 0 aromatic heterocycles. The number of halogens is 1. The van der Waals surface area contributed by atoms with Crippen molar-refractivity contribution in [2.24, 2.45) is 10.7 Å². The molecule has 1 amide bonds. The minimum absolute atomic E-state index is 0. The molecule has 1 aromatic carbocycles. The van der Waals surface area contributed by atoms with Crippen LogP contribution in [-0.2, 0) is 16.0 Å². The van der Waals surface area contributed by atoms with Crippen molar-refractivity contribution in [3.8, 4) is 0 Å².